The van der Waals surface area contributed by atoms with Crippen molar-refractivity contribution in [3.63, 3.8) is 0 Å². The summed E-state index contributed by atoms with van der Waals surface area (Å²) in [6.45, 7) is 8.01. The summed E-state index contributed by atoms with van der Waals surface area (Å²) < 4.78 is 16.9. The summed E-state index contributed by atoms with van der Waals surface area (Å²) in [6.07, 6.45) is 8.01. The molecule has 0 fully saturated rings. The van der Waals surface area contributed by atoms with Crippen LogP contribution in [0.4, 0.5) is 0 Å². The molecule has 0 saturated carbocycles. The molecule has 0 N–H and O–H groups in total. The number of hydrogen-bond acceptors (Lipinski definition) is 5. The summed E-state index contributed by atoms with van der Waals surface area (Å²) in [5, 5.41) is 4.71. The van der Waals surface area contributed by atoms with Gasteiger partial charge in [0.05, 0.1) is 23.3 Å². The maximum absolute atomic E-state index is 6.25. The molecule has 9 heteroatoms. The molecule has 0 unspecified atom stereocenters. The van der Waals surface area contributed by atoms with Gasteiger partial charge in [-0.25, -0.2) is 0 Å². The van der Waals surface area contributed by atoms with Crippen molar-refractivity contribution in [2.45, 2.75) is 58.5 Å². The standard InChI is InChI=1S/C22H31Cl4NO4/c1-22(2,3)31-27-10-8-12-28-11-6-4-5-7-13-30-21-18(23)15-17(16-19(21)24)29-14-9-20(25)26/h9-10,15-16H,4-8,11-14H2,1-3H3. The fraction of sp³-hybridized carbons (Fsp3) is 0.591. The van der Waals surface area contributed by atoms with Gasteiger partial charge in [0.1, 0.15) is 22.4 Å². The third-order valence-electron chi connectivity index (χ3n) is 3.68. The van der Waals surface area contributed by atoms with E-state index in [-0.39, 0.29) is 16.7 Å². The Morgan fingerprint density at radius 1 is 0.935 bits per heavy atom. The smallest absolute Gasteiger partial charge is 0.156 e. The highest BCUT2D eigenvalue weighted by molar-refractivity contribution is 6.55. The van der Waals surface area contributed by atoms with Crippen LogP contribution in [-0.4, -0.2) is 38.2 Å². The lowest BCUT2D eigenvalue weighted by atomic mass is 10.2. The van der Waals surface area contributed by atoms with Crippen molar-refractivity contribution in [3.8, 4) is 11.5 Å². The normalized spacial score (nSPS) is 11.6. The number of halogens is 4. The average Bonchev–Trinajstić information content (AvgIpc) is 2.66. The van der Waals surface area contributed by atoms with Crippen LogP contribution in [0.15, 0.2) is 27.9 Å². The van der Waals surface area contributed by atoms with Crippen molar-refractivity contribution in [2.75, 3.05) is 26.4 Å². The number of ether oxygens (including phenoxy) is 3. The largest absolute Gasteiger partial charge is 0.490 e. The molecular formula is C22H31Cl4NO4. The second kappa shape index (κ2) is 15.9. The van der Waals surface area contributed by atoms with Crippen LogP contribution in [0.1, 0.15) is 52.9 Å². The minimum Gasteiger partial charge on any atom is -0.490 e. The predicted octanol–water partition coefficient (Wildman–Crippen LogP) is 7.84. The van der Waals surface area contributed by atoms with Gasteiger partial charge in [-0.15, -0.1) is 0 Å². The van der Waals surface area contributed by atoms with Crippen molar-refractivity contribution in [1.29, 1.82) is 0 Å². The molecule has 0 atom stereocenters. The maximum Gasteiger partial charge on any atom is 0.156 e. The van der Waals surface area contributed by atoms with Gasteiger partial charge in [-0.05, 0) is 46.1 Å². The van der Waals surface area contributed by atoms with Crippen LogP contribution in [0.3, 0.4) is 0 Å². The molecule has 1 aromatic carbocycles. The Kier molecular flexibility index (Phi) is 14.4. The molecule has 0 aliphatic carbocycles. The van der Waals surface area contributed by atoms with Crippen LogP contribution >= 0.6 is 46.4 Å². The number of oxime groups is 1. The zero-order chi connectivity index (χ0) is 23.1. The number of hydrogen-bond donors (Lipinski definition) is 0. The number of unbranched alkanes of at least 4 members (excludes halogenated alkanes) is 3. The van der Waals surface area contributed by atoms with Gasteiger partial charge >= 0.3 is 0 Å². The molecule has 176 valence electrons. The van der Waals surface area contributed by atoms with E-state index in [0.717, 1.165) is 38.7 Å². The van der Waals surface area contributed by atoms with Gasteiger partial charge in [-0.3, -0.25) is 0 Å². The van der Waals surface area contributed by atoms with Crippen molar-refractivity contribution in [3.05, 3.63) is 32.7 Å². The van der Waals surface area contributed by atoms with Crippen LogP contribution in [0.25, 0.3) is 0 Å². The molecule has 0 bridgehead atoms. The molecule has 31 heavy (non-hydrogen) atoms. The van der Waals surface area contributed by atoms with Gasteiger partial charge in [0.2, 0.25) is 0 Å². The number of nitrogens with zero attached hydrogens (tertiary/aromatic N) is 1. The second-order valence-electron chi connectivity index (χ2n) is 7.68. The molecule has 1 aromatic rings. The van der Waals surface area contributed by atoms with E-state index in [0.29, 0.717) is 34.8 Å². The molecule has 0 aliphatic heterocycles. The van der Waals surface area contributed by atoms with E-state index in [1.54, 1.807) is 18.3 Å². The molecule has 0 spiro atoms. The number of benzene rings is 1. The lowest BCUT2D eigenvalue weighted by Crippen LogP contribution is -2.15. The Hall–Kier alpha value is -0.850. The van der Waals surface area contributed by atoms with E-state index in [1.165, 1.54) is 6.08 Å². The molecular weight excluding hydrogens is 484 g/mol. The summed E-state index contributed by atoms with van der Waals surface area (Å²) in [5.74, 6) is 0.975. The summed E-state index contributed by atoms with van der Waals surface area (Å²) in [5.41, 5.74) is -0.257. The topological polar surface area (TPSA) is 49.3 Å². The van der Waals surface area contributed by atoms with Gasteiger partial charge in [0, 0.05) is 31.4 Å². The fourth-order valence-corrected chi connectivity index (χ4v) is 2.98. The Morgan fingerprint density at radius 2 is 1.58 bits per heavy atom. The molecule has 1 rings (SSSR count). The first-order valence-corrected chi connectivity index (χ1v) is 11.7. The van der Waals surface area contributed by atoms with Gasteiger partial charge in [0.25, 0.3) is 0 Å². The Labute approximate surface area is 205 Å². The fourth-order valence-electron chi connectivity index (χ4n) is 2.28. The predicted molar refractivity (Wildman–Crippen MR) is 130 cm³/mol. The first kappa shape index (κ1) is 28.2. The van der Waals surface area contributed by atoms with Crippen LogP contribution in [0.5, 0.6) is 11.5 Å². The minimum atomic E-state index is -0.257. The lowest BCUT2D eigenvalue weighted by molar-refractivity contribution is 0.00128. The third kappa shape index (κ3) is 14.8. The molecule has 0 radical (unpaired) electrons. The van der Waals surface area contributed by atoms with Crippen molar-refractivity contribution in [2.24, 2.45) is 5.16 Å². The van der Waals surface area contributed by atoms with Crippen LogP contribution in [-0.2, 0) is 9.57 Å². The zero-order valence-corrected chi connectivity index (χ0v) is 21.3. The van der Waals surface area contributed by atoms with Crippen LogP contribution < -0.4 is 9.47 Å². The van der Waals surface area contributed by atoms with Crippen LogP contribution in [0.2, 0.25) is 10.0 Å². The first-order valence-electron chi connectivity index (χ1n) is 10.2. The molecule has 0 heterocycles. The minimum absolute atomic E-state index is 0.139. The second-order valence-corrected chi connectivity index (χ2v) is 9.50. The van der Waals surface area contributed by atoms with E-state index >= 15 is 0 Å². The maximum atomic E-state index is 6.25. The van der Waals surface area contributed by atoms with Gasteiger partial charge in [0.15, 0.2) is 5.75 Å². The highest BCUT2D eigenvalue weighted by Crippen LogP contribution is 2.37. The summed E-state index contributed by atoms with van der Waals surface area (Å²) >= 11 is 23.6. The highest BCUT2D eigenvalue weighted by atomic mass is 35.5. The van der Waals surface area contributed by atoms with E-state index < -0.39 is 0 Å². The summed E-state index contributed by atoms with van der Waals surface area (Å²) in [7, 11) is 0. The van der Waals surface area contributed by atoms with Crippen molar-refractivity contribution < 1.29 is 19.0 Å². The number of rotatable bonds is 15. The summed E-state index contributed by atoms with van der Waals surface area (Å²) in [4.78, 5) is 5.26. The Bertz CT molecular complexity index is 678. The van der Waals surface area contributed by atoms with Gasteiger partial charge in [-0.2, -0.15) is 0 Å². The third-order valence-corrected chi connectivity index (χ3v) is 4.55. The highest BCUT2D eigenvalue weighted by Gasteiger charge is 2.11. The molecule has 0 aliphatic rings. The first-order chi connectivity index (χ1) is 14.7. The monoisotopic (exact) mass is 513 g/mol. The van der Waals surface area contributed by atoms with Crippen molar-refractivity contribution in [1.82, 2.24) is 0 Å². The molecule has 5 nitrogen and oxygen atoms in total. The van der Waals surface area contributed by atoms with E-state index in [1.807, 2.05) is 20.8 Å². The van der Waals surface area contributed by atoms with Crippen molar-refractivity contribution >= 4 is 52.6 Å². The average molecular weight is 515 g/mol. The van der Waals surface area contributed by atoms with Gasteiger partial charge in [-0.1, -0.05) is 58.0 Å². The zero-order valence-electron chi connectivity index (χ0n) is 18.3. The molecule has 0 saturated heterocycles. The molecule has 0 aromatic heterocycles. The van der Waals surface area contributed by atoms with E-state index in [2.05, 4.69) is 5.16 Å². The Morgan fingerprint density at radius 3 is 2.19 bits per heavy atom. The quantitative estimate of drug-likeness (QED) is 0.136. The van der Waals surface area contributed by atoms with E-state index in [9.17, 15) is 0 Å². The van der Waals surface area contributed by atoms with E-state index in [4.69, 9.17) is 65.5 Å². The SMILES string of the molecule is CC(C)(C)ON=CCCOCCCCCCOc1c(Cl)cc(OCC=C(Cl)Cl)cc1Cl. The van der Waals surface area contributed by atoms with Crippen LogP contribution in [0, 0.1) is 0 Å². The van der Waals surface area contributed by atoms with Gasteiger partial charge < -0.3 is 19.0 Å². The molecule has 0 amide bonds. The summed E-state index contributed by atoms with van der Waals surface area (Å²) in [6, 6.07) is 3.30. The Balaban J connectivity index is 2.12. The lowest BCUT2D eigenvalue weighted by Gasteiger charge is -2.14.